The molecule has 15 heavy (non-hydrogen) atoms. The molecule has 3 heteroatoms. The fourth-order valence-corrected chi connectivity index (χ4v) is 2.27. The van der Waals surface area contributed by atoms with E-state index in [9.17, 15) is 4.79 Å². The van der Waals surface area contributed by atoms with Crippen molar-refractivity contribution in [1.29, 1.82) is 0 Å². The summed E-state index contributed by atoms with van der Waals surface area (Å²) in [5.74, 6) is 0.536. The van der Waals surface area contributed by atoms with Gasteiger partial charge in [-0.3, -0.25) is 4.79 Å². The molecule has 0 atom stereocenters. The van der Waals surface area contributed by atoms with Crippen molar-refractivity contribution >= 4 is 28.8 Å². The monoisotopic (exact) mass is 219 g/mol. The number of para-hydroxylation sites is 1. The maximum Gasteiger partial charge on any atom is 0.152 e. The van der Waals surface area contributed by atoms with Gasteiger partial charge in [0.25, 0.3) is 0 Å². The third-order valence-corrected chi connectivity index (χ3v) is 3.27. The highest BCUT2D eigenvalue weighted by molar-refractivity contribution is 6.35. The molecule has 0 spiro atoms. The molecule has 1 aliphatic rings. The van der Waals surface area contributed by atoms with E-state index in [-0.39, 0.29) is 0 Å². The van der Waals surface area contributed by atoms with Crippen LogP contribution in [0.2, 0.25) is 5.02 Å². The van der Waals surface area contributed by atoms with E-state index < -0.39 is 0 Å². The number of halogens is 1. The first kappa shape index (κ1) is 8.98. The van der Waals surface area contributed by atoms with Crippen molar-refractivity contribution in [3.05, 3.63) is 34.5 Å². The zero-order valence-electron chi connectivity index (χ0n) is 8.09. The number of benzene rings is 1. The number of H-pyrrole nitrogens is 1. The summed E-state index contributed by atoms with van der Waals surface area (Å²) < 4.78 is 0. The lowest BCUT2D eigenvalue weighted by atomic mass is 10.1. The molecule has 76 valence electrons. The molecule has 0 saturated heterocycles. The van der Waals surface area contributed by atoms with Gasteiger partial charge in [0, 0.05) is 16.6 Å². The van der Waals surface area contributed by atoms with Crippen LogP contribution >= 0.6 is 11.6 Å². The van der Waals surface area contributed by atoms with Crippen molar-refractivity contribution in [2.45, 2.75) is 18.8 Å². The minimum atomic E-state index is 0.536. The molecular formula is C12H10ClNO. The third-order valence-electron chi connectivity index (χ3n) is 2.96. The van der Waals surface area contributed by atoms with Crippen LogP contribution in [0.25, 0.3) is 10.9 Å². The van der Waals surface area contributed by atoms with E-state index in [0.29, 0.717) is 10.9 Å². The summed E-state index contributed by atoms with van der Waals surface area (Å²) in [5, 5.41) is 1.63. The molecule has 0 radical (unpaired) electrons. The molecule has 2 nitrogen and oxygen atoms in total. The average molecular weight is 220 g/mol. The molecule has 1 N–H and O–H groups in total. The highest BCUT2D eigenvalue weighted by Gasteiger charge is 2.29. The number of fused-ring (bicyclic) bond motifs is 1. The maximum absolute atomic E-state index is 11.1. The highest BCUT2D eigenvalue weighted by Crippen LogP contribution is 2.43. The van der Waals surface area contributed by atoms with Gasteiger partial charge in [-0.15, -0.1) is 0 Å². The quantitative estimate of drug-likeness (QED) is 0.771. The number of nitrogens with one attached hydrogen (secondary N) is 1. The molecule has 0 unspecified atom stereocenters. The van der Waals surface area contributed by atoms with Crippen molar-refractivity contribution < 1.29 is 4.79 Å². The molecule has 3 rings (SSSR count). The summed E-state index contributed by atoms with van der Waals surface area (Å²) in [6, 6.07) is 5.65. The molecule has 1 heterocycles. The van der Waals surface area contributed by atoms with Crippen LogP contribution in [0.4, 0.5) is 0 Å². The smallest absolute Gasteiger partial charge is 0.152 e. The standard InChI is InChI=1S/C12H10ClNO/c13-10-3-1-2-8-9(6-15)11(7-4-5-7)14-12(8)10/h1-3,6-7,14H,4-5H2. The fourth-order valence-electron chi connectivity index (χ4n) is 2.04. The lowest BCUT2D eigenvalue weighted by molar-refractivity contribution is 0.112. The van der Waals surface area contributed by atoms with Gasteiger partial charge in [0.1, 0.15) is 0 Å². The van der Waals surface area contributed by atoms with Gasteiger partial charge in [-0.1, -0.05) is 23.7 Å². The Kier molecular flexibility index (Phi) is 1.86. The predicted octanol–water partition coefficient (Wildman–Crippen LogP) is 3.51. The van der Waals surface area contributed by atoms with Gasteiger partial charge in [-0.2, -0.15) is 0 Å². The van der Waals surface area contributed by atoms with Gasteiger partial charge in [0.15, 0.2) is 6.29 Å². The number of carbonyl (C=O) groups is 1. The van der Waals surface area contributed by atoms with E-state index in [1.54, 1.807) is 0 Å². The number of aromatic nitrogens is 1. The van der Waals surface area contributed by atoms with E-state index in [1.165, 1.54) is 12.8 Å². The summed E-state index contributed by atoms with van der Waals surface area (Å²) in [5.41, 5.74) is 2.74. The van der Waals surface area contributed by atoms with Gasteiger partial charge >= 0.3 is 0 Å². The number of carbonyl (C=O) groups excluding carboxylic acids is 1. The van der Waals surface area contributed by atoms with Crippen LogP contribution in [0.15, 0.2) is 18.2 Å². The summed E-state index contributed by atoms with van der Waals surface area (Å²) in [6.45, 7) is 0. The lowest BCUT2D eigenvalue weighted by Crippen LogP contribution is -1.85. The summed E-state index contributed by atoms with van der Waals surface area (Å²) >= 11 is 6.08. The van der Waals surface area contributed by atoms with Gasteiger partial charge in [-0.25, -0.2) is 0 Å². The third kappa shape index (κ3) is 1.29. The van der Waals surface area contributed by atoms with Crippen molar-refractivity contribution in [2.75, 3.05) is 0 Å². The van der Waals surface area contributed by atoms with Crippen LogP contribution in [-0.4, -0.2) is 11.3 Å². The Hall–Kier alpha value is -1.28. The highest BCUT2D eigenvalue weighted by atomic mass is 35.5. The topological polar surface area (TPSA) is 32.9 Å². The van der Waals surface area contributed by atoms with Crippen LogP contribution in [-0.2, 0) is 0 Å². The molecule has 1 aromatic carbocycles. The molecule has 1 saturated carbocycles. The first-order chi connectivity index (χ1) is 7.31. The number of aromatic amines is 1. The van der Waals surface area contributed by atoms with Crippen molar-refractivity contribution in [2.24, 2.45) is 0 Å². The van der Waals surface area contributed by atoms with Crippen LogP contribution < -0.4 is 0 Å². The van der Waals surface area contributed by atoms with Crippen molar-refractivity contribution in [1.82, 2.24) is 4.98 Å². The second-order valence-electron chi connectivity index (χ2n) is 4.01. The Bertz CT molecular complexity index is 540. The predicted molar refractivity (Wildman–Crippen MR) is 60.7 cm³/mol. The summed E-state index contributed by atoms with van der Waals surface area (Å²) in [6.07, 6.45) is 3.28. The first-order valence-corrected chi connectivity index (χ1v) is 5.44. The minimum Gasteiger partial charge on any atom is -0.356 e. The molecule has 1 fully saturated rings. The van der Waals surface area contributed by atoms with Gasteiger partial charge < -0.3 is 4.98 Å². The minimum absolute atomic E-state index is 0.536. The SMILES string of the molecule is O=Cc1c(C2CC2)[nH]c2c(Cl)cccc12. The molecule has 0 aliphatic heterocycles. The van der Waals surface area contributed by atoms with Crippen LogP contribution in [0.3, 0.4) is 0 Å². The normalized spacial score (nSPS) is 15.8. The lowest BCUT2D eigenvalue weighted by Gasteiger charge is -1.92. The molecule has 2 aromatic rings. The molecule has 1 aromatic heterocycles. The number of hydrogen-bond donors (Lipinski definition) is 1. The zero-order chi connectivity index (χ0) is 10.4. The molecular weight excluding hydrogens is 210 g/mol. The Morgan fingerprint density at radius 2 is 2.20 bits per heavy atom. The summed E-state index contributed by atoms with van der Waals surface area (Å²) in [4.78, 5) is 14.4. The number of aldehydes is 1. The molecule has 0 amide bonds. The van der Waals surface area contributed by atoms with E-state index in [1.807, 2.05) is 18.2 Å². The average Bonchev–Trinajstić information content (AvgIpc) is 3.00. The van der Waals surface area contributed by atoms with Crippen molar-refractivity contribution in [3.8, 4) is 0 Å². The van der Waals surface area contributed by atoms with E-state index in [0.717, 1.165) is 28.4 Å². The van der Waals surface area contributed by atoms with Crippen molar-refractivity contribution in [3.63, 3.8) is 0 Å². The van der Waals surface area contributed by atoms with Crippen LogP contribution in [0.1, 0.15) is 34.8 Å². The van der Waals surface area contributed by atoms with Gasteiger partial charge in [0.05, 0.1) is 10.5 Å². The zero-order valence-corrected chi connectivity index (χ0v) is 8.84. The van der Waals surface area contributed by atoms with Gasteiger partial charge in [-0.05, 0) is 24.8 Å². The molecule has 0 bridgehead atoms. The largest absolute Gasteiger partial charge is 0.356 e. The Balaban J connectivity index is 2.36. The molecule has 1 aliphatic carbocycles. The number of hydrogen-bond acceptors (Lipinski definition) is 1. The second-order valence-corrected chi connectivity index (χ2v) is 4.41. The Morgan fingerprint density at radius 1 is 1.40 bits per heavy atom. The van der Waals surface area contributed by atoms with E-state index in [4.69, 9.17) is 11.6 Å². The second kappa shape index (κ2) is 3.11. The first-order valence-electron chi connectivity index (χ1n) is 5.06. The fraction of sp³-hybridized carbons (Fsp3) is 0.250. The number of rotatable bonds is 2. The van der Waals surface area contributed by atoms with Crippen LogP contribution in [0, 0.1) is 0 Å². The van der Waals surface area contributed by atoms with Gasteiger partial charge in [0.2, 0.25) is 0 Å². The van der Waals surface area contributed by atoms with E-state index in [2.05, 4.69) is 4.98 Å². The maximum atomic E-state index is 11.1. The Morgan fingerprint density at radius 3 is 2.87 bits per heavy atom. The van der Waals surface area contributed by atoms with Crippen LogP contribution in [0.5, 0.6) is 0 Å². The Labute approximate surface area is 92.2 Å². The van der Waals surface area contributed by atoms with E-state index >= 15 is 0 Å². The summed E-state index contributed by atoms with van der Waals surface area (Å²) in [7, 11) is 0.